The minimum atomic E-state index is -0.502. The summed E-state index contributed by atoms with van der Waals surface area (Å²) in [5.41, 5.74) is 0.244. The lowest BCUT2D eigenvalue weighted by atomic mass is 10.2. The number of rotatable bonds is 5. The van der Waals surface area contributed by atoms with Gasteiger partial charge in [0.1, 0.15) is 6.61 Å². The van der Waals surface area contributed by atoms with Crippen LogP contribution in [0.2, 0.25) is 0 Å². The van der Waals surface area contributed by atoms with Crippen LogP contribution in [-0.2, 0) is 0 Å². The number of para-hydroxylation sites is 1. The van der Waals surface area contributed by atoms with Gasteiger partial charge in [0.15, 0.2) is 17.9 Å². The van der Waals surface area contributed by atoms with E-state index in [2.05, 4.69) is 0 Å². The third-order valence-corrected chi connectivity index (χ3v) is 1.91. The smallest absolute Gasteiger partial charge is 0.165 e. The molecule has 1 aromatic carbocycles. The Hall–Kier alpha value is -1.42. The highest BCUT2D eigenvalue weighted by Crippen LogP contribution is 2.20. The van der Waals surface area contributed by atoms with Gasteiger partial charge in [-0.1, -0.05) is 6.07 Å². The number of ether oxygens (including phenoxy) is 1. The van der Waals surface area contributed by atoms with Gasteiger partial charge in [-0.15, -0.1) is 0 Å². The van der Waals surface area contributed by atoms with Gasteiger partial charge in [-0.25, -0.2) is 4.39 Å². The third-order valence-electron chi connectivity index (χ3n) is 1.91. The van der Waals surface area contributed by atoms with Crippen molar-refractivity contribution in [1.82, 2.24) is 4.90 Å². The van der Waals surface area contributed by atoms with E-state index in [0.29, 0.717) is 19.4 Å². The zero-order chi connectivity index (χ0) is 11.3. The number of halogens is 1. The molecule has 0 amide bonds. The van der Waals surface area contributed by atoms with Gasteiger partial charge in [-0.3, -0.25) is 4.79 Å². The maximum atomic E-state index is 13.3. The van der Waals surface area contributed by atoms with Crippen LogP contribution in [0, 0.1) is 5.82 Å². The number of aldehydes is 1. The van der Waals surface area contributed by atoms with Crippen LogP contribution < -0.4 is 4.74 Å². The molecule has 0 saturated heterocycles. The summed E-state index contributed by atoms with van der Waals surface area (Å²) in [5, 5.41) is 0. The third kappa shape index (κ3) is 3.32. The fourth-order valence-corrected chi connectivity index (χ4v) is 1.10. The summed E-state index contributed by atoms with van der Waals surface area (Å²) in [7, 11) is 3.79. The molecule has 0 aliphatic carbocycles. The van der Waals surface area contributed by atoms with Crippen molar-refractivity contribution in [3.05, 3.63) is 29.6 Å². The van der Waals surface area contributed by atoms with Crippen LogP contribution in [0.4, 0.5) is 4.39 Å². The molecular formula is C11H14FNO2. The molecule has 0 N–H and O–H groups in total. The SMILES string of the molecule is CN(C)CCOc1c(F)cccc1C=O. The highest BCUT2D eigenvalue weighted by molar-refractivity contribution is 5.79. The van der Waals surface area contributed by atoms with Gasteiger partial charge >= 0.3 is 0 Å². The molecule has 0 radical (unpaired) electrons. The summed E-state index contributed by atoms with van der Waals surface area (Å²) < 4.78 is 18.5. The number of benzene rings is 1. The van der Waals surface area contributed by atoms with E-state index in [1.807, 2.05) is 19.0 Å². The molecule has 0 heterocycles. The van der Waals surface area contributed by atoms with Gasteiger partial charge in [-0.2, -0.15) is 0 Å². The van der Waals surface area contributed by atoms with E-state index in [1.54, 1.807) is 0 Å². The second-order valence-corrected chi connectivity index (χ2v) is 3.43. The second-order valence-electron chi connectivity index (χ2n) is 3.43. The average Bonchev–Trinajstić information content (AvgIpc) is 2.20. The number of hydrogen-bond donors (Lipinski definition) is 0. The van der Waals surface area contributed by atoms with Crippen molar-refractivity contribution in [1.29, 1.82) is 0 Å². The quantitative estimate of drug-likeness (QED) is 0.692. The Labute approximate surface area is 88.5 Å². The first-order valence-corrected chi connectivity index (χ1v) is 4.66. The number of carbonyl (C=O) groups is 1. The summed E-state index contributed by atoms with van der Waals surface area (Å²) in [6.45, 7) is 1.03. The molecule has 0 fully saturated rings. The highest BCUT2D eigenvalue weighted by atomic mass is 19.1. The van der Waals surface area contributed by atoms with Crippen molar-refractivity contribution in [3.8, 4) is 5.75 Å². The van der Waals surface area contributed by atoms with Gasteiger partial charge in [0, 0.05) is 6.54 Å². The van der Waals surface area contributed by atoms with E-state index in [9.17, 15) is 9.18 Å². The lowest BCUT2D eigenvalue weighted by molar-refractivity contribution is 0.111. The molecule has 0 aliphatic rings. The Kier molecular flexibility index (Phi) is 4.24. The first-order valence-electron chi connectivity index (χ1n) is 4.66. The van der Waals surface area contributed by atoms with Crippen molar-refractivity contribution in [3.63, 3.8) is 0 Å². The second kappa shape index (κ2) is 5.46. The number of carbonyl (C=O) groups excluding carboxylic acids is 1. The molecule has 1 aromatic rings. The Bertz CT molecular complexity index is 339. The van der Waals surface area contributed by atoms with Crippen molar-refractivity contribution in [2.24, 2.45) is 0 Å². The van der Waals surface area contributed by atoms with Crippen molar-refractivity contribution >= 4 is 6.29 Å². The van der Waals surface area contributed by atoms with Crippen LogP contribution in [0.25, 0.3) is 0 Å². The Morgan fingerprint density at radius 2 is 2.20 bits per heavy atom. The largest absolute Gasteiger partial charge is 0.488 e. The standard InChI is InChI=1S/C11H14FNO2/c1-13(2)6-7-15-11-9(8-14)4-3-5-10(11)12/h3-5,8H,6-7H2,1-2H3. The van der Waals surface area contributed by atoms with Crippen LogP contribution >= 0.6 is 0 Å². The molecule has 82 valence electrons. The highest BCUT2D eigenvalue weighted by Gasteiger charge is 2.08. The van der Waals surface area contributed by atoms with Gasteiger partial charge in [0.05, 0.1) is 5.56 Å². The van der Waals surface area contributed by atoms with Crippen LogP contribution in [0.15, 0.2) is 18.2 Å². The molecule has 0 atom stereocenters. The van der Waals surface area contributed by atoms with Gasteiger partial charge in [0.25, 0.3) is 0 Å². The van der Waals surface area contributed by atoms with Gasteiger partial charge in [-0.05, 0) is 26.2 Å². The lowest BCUT2D eigenvalue weighted by Gasteiger charge is -2.12. The minimum absolute atomic E-state index is 0.0364. The number of likely N-dealkylation sites (N-methyl/N-ethyl adjacent to an activating group) is 1. The van der Waals surface area contributed by atoms with Gasteiger partial charge in [0.2, 0.25) is 0 Å². The molecule has 15 heavy (non-hydrogen) atoms. The lowest BCUT2D eigenvalue weighted by Crippen LogP contribution is -2.20. The van der Waals surface area contributed by atoms with Crippen molar-refractivity contribution < 1.29 is 13.9 Å². The van der Waals surface area contributed by atoms with Gasteiger partial charge < -0.3 is 9.64 Å². The predicted molar refractivity (Wildman–Crippen MR) is 55.8 cm³/mol. The summed E-state index contributed by atoms with van der Waals surface area (Å²) >= 11 is 0. The molecule has 4 heteroatoms. The van der Waals surface area contributed by atoms with Crippen molar-refractivity contribution in [2.75, 3.05) is 27.2 Å². The summed E-state index contributed by atoms with van der Waals surface area (Å²) in [6, 6.07) is 4.29. The van der Waals surface area contributed by atoms with E-state index in [0.717, 1.165) is 0 Å². The van der Waals surface area contributed by atoms with E-state index < -0.39 is 5.82 Å². The molecule has 1 rings (SSSR count). The Balaban J connectivity index is 2.70. The normalized spacial score (nSPS) is 10.4. The number of hydrogen-bond acceptors (Lipinski definition) is 3. The first-order chi connectivity index (χ1) is 7.15. The fourth-order valence-electron chi connectivity index (χ4n) is 1.10. The maximum Gasteiger partial charge on any atom is 0.165 e. The van der Waals surface area contributed by atoms with E-state index in [-0.39, 0.29) is 11.3 Å². The summed E-state index contributed by atoms with van der Waals surface area (Å²) in [6.07, 6.45) is 0.591. The molecular weight excluding hydrogens is 197 g/mol. The average molecular weight is 211 g/mol. The Morgan fingerprint density at radius 1 is 1.47 bits per heavy atom. The molecule has 0 aliphatic heterocycles. The van der Waals surface area contributed by atoms with Crippen LogP contribution in [0.5, 0.6) is 5.75 Å². The summed E-state index contributed by atoms with van der Waals surface area (Å²) in [5.74, 6) is -0.465. The topological polar surface area (TPSA) is 29.5 Å². The zero-order valence-electron chi connectivity index (χ0n) is 8.87. The van der Waals surface area contributed by atoms with Crippen LogP contribution in [0.3, 0.4) is 0 Å². The number of nitrogens with zero attached hydrogens (tertiary/aromatic N) is 1. The molecule has 0 saturated carbocycles. The molecule has 0 spiro atoms. The molecule has 0 aromatic heterocycles. The minimum Gasteiger partial charge on any atom is -0.488 e. The monoisotopic (exact) mass is 211 g/mol. The van der Waals surface area contributed by atoms with E-state index in [4.69, 9.17) is 4.74 Å². The first kappa shape index (κ1) is 11.7. The van der Waals surface area contributed by atoms with Crippen LogP contribution in [0.1, 0.15) is 10.4 Å². The zero-order valence-corrected chi connectivity index (χ0v) is 8.87. The van der Waals surface area contributed by atoms with Crippen molar-refractivity contribution in [2.45, 2.75) is 0 Å². The maximum absolute atomic E-state index is 13.3. The summed E-state index contributed by atoms with van der Waals surface area (Å²) in [4.78, 5) is 12.5. The van der Waals surface area contributed by atoms with E-state index in [1.165, 1.54) is 18.2 Å². The predicted octanol–water partition coefficient (Wildman–Crippen LogP) is 1.58. The van der Waals surface area contributed by atoms with Crippen LogP contribution in [-0.4, -0.2) is 38.4 Å². The Morgan fingerprint density at radius 3 is 2.80 bits per heavy atom. The molecule has 3 nitrogen and oxygen atoms in total. The molecule has 0 unspecified atom stereocenters. The van der Waals surface area contributed by atoms with E-state index >= 15 is 0 Å². The fraction of sp³-hybridized carbons (Fsp3) is 0.364. The molecule has 0 bridgehead atoms.